The van der Waals surface area contributed by atoms with Gasteiger partial charge in [0.05, 0.1) is 18.8 Å². The molecule has 3 fully saturated rings. The summed E-state index contributed by atoms with van der Waals surface area (Å²) in [6.45, 7) is 4.44. The number of nitrogens with zero attached hydrogens (tertiary/aromatic N) is 1. The quantitative estimate of drug-likeness (QED) is 0.657. The maximum atomic E-state index is 12.4. The predicted octanol–water partition coefficient (Wildman–Crippen LogP) is 0.664. The molecule has 26 heavy (non-hydrogen) atoms. The van der Waals surface area contributed by atoms with Crippen LogP contribution in [0.5, 0.6) is 0 Å². The first-order valence-corrected chi connectivity index (χ1v) is 10.1. The second-order valence-corrected chi connectivity index (χ2v) is 7.97. The third-order valence-electron chi connectivity index (χ3n) is 6.06. The molecule has 1 aliphatic carbocycles. The van der Waals surface area contributed by atoms with Crippen LogP contribution in [0.25, 0.3) is 0 Å². The fraction of sp³-hybridized carbons (Fsp3) is 0.895. The summed E-state index contributed by atoms with van der Waals surface area (Å²) in [5.74, 6) is 0.549. The summed E-state index contributed by atoms with van der Waals surface area (Å²) in [6, 6.07) is -0.0445. The van der Waals surface area contributed by atoms with Gasteiger partial charge in [-0.25, -0.2) is 0 Å². The van der Waals surface area contributed by atoms with Gasteiger partial charge >= 0.3 is 0 Å². The van der Waals surface area contributed by atoms with E-state index in [4.69, 9.17) is 15.2 Å². The van der Waals surface area contributed by atoms with E-state index in [-0.39, 0.29) is 29.9 Å². The number of ether oxygens (including phenoxy) is 2. The van der Waals surface area contributed by atoms with Crippen molar-refractivity contribution in [3.05, 3.63) is 0 Å². The topological polar surface area (TPSA) is 93.9 Å². The fourth-order valence-electron chi connectivity index (χ4n) is 3.95. The number of amides is 2. The summed E-state index contributed by atoms with van der Waals surface area (Å²) >= 11 is 0. The molecule has 2 heterocycles. The van der Waals surface area contributed by atoms with E-state index in [1.54, 1.807) is 0 Å². The third-order valence-corrected chi connectivity index (χ3v) is 6.06. The highest BCUT2D eigenvalue weighted by Gasteiger charge is 2.30. The molecule has 1 saturated carbocycles. The molecule has 3 aliphatic rings. The average Bonchev–Trinajstić information content (AvgIpc) is 2.60. The van der Waals surface area contributed by atoms with Crippen LogP contribution in [0.4, 0.5) is 0 Å². The van der Waals surface area contributed by atoms with Crippen LogP contribution >= 0.6 is 0 Å². The van der Waals surface area contributed by atoms with Gasteiger partial charge in [-0.1, -0.05) is 6.42 Å². The highest BCUT2D eigenvalue weighted by atomic mass is 16.5. The summed E-state index contributed by atoms with van der Waals surface area (Å²) in [6.07, 6.45) is 6.83. The van der Waals surface area contributed by atoms with Gasteiger partial charge in [-0.3, -0.25) is 9.59 Å². The van der Waals surface area contributed by atoms with E-state index in [0.717, 1.165) is 45.5 Å². The first-order valence-electron chi connectivity index (χ1n) is 10.1. The second-order valence-electron chi connectivity index (χ2n) is 7.97. The first kappa shape index (κ1) is 19.6. The van der Waals surface area contributed by atoms with Crippen LogP contribution in [-0.2, 0) is 19.1 Å². The van der Waals surface area contributed by atoms with Crippen molar-refractivity contribution in [1.82, 2.24) is 10.2 Å². The lowest BCUT2D eigenvalue weighted by atomic mass is 9.86. The standard InChI is InChI=1S/C19H33N3O4/c20-19(24)15-4-8-22(9-5-15)10-6-18(23)21-16-13-25-11-7-17(16)26-12-14-2-1-3-14/h14-17H,1-13H2,(H2,20,24)(H,21,23)/t16-,17+/m1/s1. The van der Waals surface area contributed by atoms with Gasteiger partial charge in [0.15, 0.2) is 0 Å². The van der Waals surface area contributed by atoms with Crippen LogP contribution in [0.2, 0.25) is 0 Å². The van der Waals surface area contributed by atoms with Crippen molar-refractivity contribution in [2.45, 2.75) is 57.1 Å². The molecule has 0 unspecified atom stereocenters. The van der Waals surface area contributed by atoms with Gasteiger partial charge in [0.25, 0.3) is 0 Å². The Bertz CT molecular complexity index is 475. The number of piperidine rings is 1. The van der Waals surface area contributed by atoms with Gasteiger partial charge in [-0.2, -0.15) is 0 Å². The minimum Gasteiger partial charge on any atom is -0.379 e. The van der Waals surface area contributed by atoms with Crippen molar-refractivity contribution < 1.29 is 19.1 Å². The lowest BCUT2D eigenvalue weighted by Gasteiger charge is -2.35. The van der Waals surface area contributed by atoms with Gasteiger partial charge in [0.2, 0.25) is 11.8 Å². The lowest BCUT2D eigenvalue weighted by molar-refractivity contribution is -0.128. The number of rotatable bonds is 8. The average molecular weight is 367 g/mol. The van der Waals surface area contributed by atoms with Crippen LogP contribution < -0.4 is 11.1 Å². The largest absolute Gasteiger partial charge is 0.379 e. The third kappa shape index (κ3) is 5.66. The smallest absolute Gasteiger partial charge is 0.221 e. The summed E-state index contributed by atoms with van der Waals surface area (Å²) in [4.78, 5) is 25.8. The van der Waals surface area contributed by atoms with Gasteiger partial charge in [-0.05, 0) is 51.1 Å². The molecular formula is C19H33N3O4. The van der Waals surface area contributed by atoms with Crippen molar-refractivity contribution in [2.75, 3.05) is 39.5 Å². The highest BCUT2D eigenvalue weighted by molar-refractivity contribution is 5.77. The molecule has 0 bridgehead atoms. The Hall–Kier alpha value is -1.18. The molecule has 2 aliphatic heterocycles. The highest BCUT2D eigenvalue weighted by Crippen LogP contribution is 2.27. The minimum absolute atomic E-state index is 0.00645. The van der Waals surface area contributed by atoms with E-state index < -0.39 is 0 Å². The molecule has 2 saturated heterocycles. The number of carbonyl (C=O) groups is 2. The Morgan fingerprint density at radius 1 is 1.15 bits per heavy atom. The summed E-state index contributed by atoms with van der Waals surface area (Å²) in [7, 11) is 0. The molecule has 7 nitrogen and oxygen atoms in total. The van der Waals surface area contributed by atoms with Crippen LogP contribution in [0, 0.1) is 11.8 Å². The maximum absolute atomic E-state index is 12.4. The van der Waals surface area contributed by atoms with Crippen molar-refractivity contribution in [3.8, 4) is 0 Å². The molecule has 0 aromatic heterocycles. The fourth-order valence-corrected chi connectivity index (χ4v) is 3.95. The number of carbonyl (C=O) groups excluding carboxylic acids is 2. The van der Waals surface area contributed by atoms with E-state index in [1.807, 2.05) is 0 Å². The molecule has 148 valence electrons. The van der Waals surface area contributed by atoms with Crippen LogP contribution in [0.15, 0.2) is 0 Å². The number of hydrogen-bond acceptors (Lipinski definition) is 5. The SMILES string of the molecule is NC(=O)C1CCN(CCC(=O)N[C@@H]2COCC[C@@H]2OCC2CCC2)CC1. The monoisotopic (exact) mass is 367 g/mol. The Labute approximate surface area is 155 Å². The number of likely N-dealkylation sites (tertiary alicyclic amines) is 1. The molecule has 3 N–H and O–H groups in total. The minimum atomic E-state index is -0.201. The summed E-state index contributed by atoms with van der Waals surface area (Å²) < 4.78 is 11.6. The van der Waals surface area contributed by atoms with Crippen LogP contribution in [0.3, 0.4) is 0 Å². The lowest BCUT2D eigenvalue weighted by Crippen LogP contribution is -2.51. The molecule has 0 aromatic rings. The Kier molecular flexibility index (Phi) is 7.28. The normalized spacial score (nSPS) is 28.5. The van der Waals surface area contributed by atoms with E-state index in [1.165, 1.54) is 19.3 Å². The number of hydrogen-bond donors (Lipinski definition) is 2. The van der Waals surface area contributed by atoms with Crippen LogP contribution in [-0.4, -0.2) is 68.3 Å². The predicted molar refractivity (Wildman–Crippen MR) is 97.4 cm³/mol. The molecule has 0 spiro atoms. The van der Waals surface area contributed by atoms with Gasteiger partial charge in [0, 0.05) is 32.1 Å². The maximum Gasteiger partial charge on any atom is 0.221 e. The zero-order valence-electron chi connectivity index (χ0n) is 15.7. The Morgan fingerprint density at radius 2 is 1.92 bits per heavy atom. The van der Waals surface area contributed by atoms with E-state index in [0.29, 0.717) is 25.6 Å². The van der Waals surface area contributed by atoms with E-state index >= 15 is 0 Å². The summed E-state index contributed by atoms with van der Waals surface area (Å²) in [5, 5.41) is 3.11. The van der Waals surface area contributed by atoms with Gasteiger partial charge in [-0.15, -0.1) is 0 Å². The van der Waals surface area contributed by atoms with Crippen molar-refractivity contribution in [1.29, 1.82) is 0 Å². The van der Waals surface area contributed by atoms with E-state index in [9.17, 15) is 9.59 Å². The van der Waals surface area contributed by atoms with Crippen molar-refractivity contribution in [2.24, 2.45) is 17.6 Å². The molecular weight excluding hydrogens is 334 g/mol. The van der Waals surface area contributed by atoms with Crippen molar-refractivity contribution >= 4 is 11.8 Å². The number of primary amides is 1. The second kappa shape index (κ2) is 9.67. The molecule has 7 heteroatoms. The van der Waals surface area contributed by atoms with Gasteiger partial charge in [0.1, 0.15) is 0 Å². The van der Waals surface area contributed by atoms with Crippen molar-refractivity contribution in [3.63, 3.8) is 0 Å². The molecule has 3 rings (SSSR count). The van der Waals surface area contributed by atoms with E-state index in [2.05, 4.69) is 10.2 Å². The zero-order chi connectivity index (χ0) is 18.4. The Balaban J connectivity index is 1.35. The number of nitrogens with two attached hydrogens (primary N) is 1. The summed E-state index contributed by atoms with van der Waals surface area (Å²) in [5.41, 5.74) is 5.36. The Morgan fingerprint density at radius 3 is 2.58 bits per heavy atom. The zero-order valence-corrected chi connectivity index (χ0v) is 15.7. The van der Waals surface area contributed by atoms with Gasteiger partial charge < -0.3 is 25.4 Å². The first-order chi connectivity index (χ1) is 12.6. The number of nitrogens with one attached hydrogen (secondary N) is 1. The molecule has 2 atom stereocenters. The van der Waals surface area contributed by atoms with Crippen LogP contribution in [0.1, 0.15) is 44.9 Å². The molecule has 0 aromatic carbocycles. The molecule has 0 radical (unpaired) electrons. The molecule has 2 amide bonds.